The number of hydrogen-bond donors (Lipinski definition) is 2. The summed E-state index contributed by atoms with van der Waals surface area (Å²) < 4.78 is 11.0. The first-order valence-electron chi connectivity index (χ1n) is 7.98. The fourth-order valence-electron chi connectivity index (χ4n) is 2.37. The number of ether oxygens (including phenoxy) is 2. The van der Waals surface area contributed by atoms with E-state index in [1.165, 1.54) is 0 Å². The molecule has 2 N–H and O–H groups in total. The van der Waals surface area contributed by atoms with Gasteiger partial charge in [-0.05, 0) is 30.2 Å². The Labute approximate surface area is 143 Å². The first-order valence-corrected chi connectivity index (χ1v) is 7.98. The van der Waals surface area contributed by atoms with Gasteiger partial charge in [0.1, 0.15) is 12.4 Å². The highest BCUT2D eigenvalue weighted by atomic mass is 16.5. The monoisotopic (exact) mass is 328 g/mol. The fourth-order valence-corrected chi connectivity index (χ4v) is 2.37. The van der Waals surface area contributed by atoms with E-state index in [-0.39, 0.29) is 12.1 Å². The van der Waals surface area contributed by atoms with Crippen molar-refractivity contribution in [2.24, 2.45) is 0 Å². The Bertz CT molecular complexity index is 632. The molecule has 2 amide bonds. The molecule has 0 fully saturated rings. The number of urea groups is 1. The van der Waals surface area contributed by atoms with Gasteiger partial charge in [0, 0.05) is 13.7 Å². The molecule has 2 rings (SSSR count). The molecule has 24 heavy (non-hydrogen) atoms. The highest BCUT2D eigenvalue weighted by Gasteiger charge is 2.13. The second-order valence-electron chi connectivity index (χ2n) is 5.38. The summed E-state index contributed by atoms with van der Waals surface area (Å²) in [5, 5.41) is 5.60. The third-order valence-electron chi connectivity index (χ3n) is 3.67. The van der Waals surface area contributed by atoms with Gasteiger partial charge in [-0.1, -0.05) is 42.5 Å². The van der Waals surface area contributed by atoms with Gasteiger partial charge >= 0.3 is 6.03 Å². The topological polar surface area (TPSA) is 59.6 Å². The van der Waals surface area contributed by atoms with E-state index in [0.29, 0.717) is 19.7 Å². The van der Waals surface area contributed by atoms with Crippen LogP contribution in [0.3, 0.4) is 0 Å². The lowest BCUT2D eigenvalue weighted by atomic mass is 10.0. The molecule has 0 spiro atoms. The summed E-state index contributed by atoms with van der Waals surface area (Å²) in [4.78, 5) is 11.9. The van der Waals surface area contributed by atoms with Crippen LogP contribution in [0.25, 0.3) is 0 Å². The van der Waals surface area contributed by atoms with E-state index >= 15 is 0 Å². The molecule has 128 valence electrons. The number of para-hydroxylation sites is 1. The van der Waals surface area contributed by atoms with Crippen LogP contribution >= 0.6 is 0 Å². The zero-order chi connectivity index (χ0) is 17.2. The minimum absolute atomic E-state index is 0.169. The molecule has 0 heterocycles. The first kappa shape index (κ1) is 17.8. The Morgan fingerprint density at radius 1 is 1.04 bits per heavy atom. The van der Waals surface area contributed by atoms with Crippen molar-refractivity contribution < 1.29 is 14.3 Å². The quantitative estimate of drug-likeness (QED) is 0.732. The maximum atomic E-state index is 11.9. The summed E-state index contributed by atoms with van der Waals surface area (Å²) in [5.74, 6) is 0.790. The van der Waals surface area contributed by atoms with Crippen molar-refractivity contribution in [3.05, 3.63) is 65.7 Å². The van der Waals surface area contributed by atoms with E-state index in [2.05, 4.69) is 10.6 Å². The average Bonchev–Trinajstić information content (AvgIpc) is 2.61. The lowest BCUT2D eigenvalue weighted by Crippen LogP contribution is -2.39. The standard InChI is InChI=1S/C19H24N2O3/c1-15-8-6-7-11-17(15)18(23-2)14-21-19(22)20-12-13-24-16-9-4-3-5-10-16/h3-11,18H,12-14H2,1-2H3,(H2,20,21,22)/t18-/m1/s1. The van der Waals surface area contributed by atoms with Crippen molar-refractivity contribution in [2.75, 3.05) is 26.8 Å². The van der Waals surface area contributed by atoms with Crippen LogP contribution in [-0.4, -0.2) is 32.8 Å². The number of hydrogen-bond acceptors (Lipinski definition) is 3. The molecule has 0 aliphatic rings. The Balaban J connectivity index is 1.69. The maximum absolute atomic E-state index is 11.9. The van der Waals surface area contributed by atoms with Gasteiger partial charge in [0.2, 0.25) is 0 Å². The molecule has 5 heteroatoms. The van der Waals surface area contributed by atoms with E-state index in [4.69, 9.17) is 9.47 Å². The number of amides is 2. The van der Waals surface area contributed by atoms with E-state index in [9.17, 15) is 4.79 Å². The van der Waals surface area contributed by atoms with Crippen molar-refractivity contribution in [3.8, 4) is 5.75 Å². The molecule has 0 saturated heterocycles. The largest absolute Gasteiger partial charge is 0.492 e. The van der Waals surface area contributed by atoms with Crippen LogP contribution in [0.5, 0.6) is 5.75 Å². The van der Waals surface area contributed by atoms with Gasteiger partial charge in [-0.3, -0.25) is 0 Å². The Morgan fingerprint density at radius 2 is 1.75 bits per heavy atom. The molecule has 0 bridgehead atoms. The molecule has 0 aliphatic carbocycles. The summed E-state index contributed by atoms with van der Waals surface area (Å²) in [6.45, 7) is 3.29. The Hall–Kier alpha value is -2.53. The third-order valence-corrected chi connectivity index (χ3v) is 3.67. The van der Waals surface area contributed by atoms with Gasteiger partial charge in [-0.2, -0.15) is 0 Å². The number of nitrogens with one attached hydrogen (secondary N) is 2. The third kappa shape index (κ3) is 5.59. The van der Waals surface area contributed by atoms with E-state index in [1.807, 2.05) is 61.5 Å². The second kappa shape index (κ2) is 9.57. The van der Waals surface area contributed by atoms with Crippen LogP contribution in [0.4, 0.5) is 4.79 Å². The molecule has 5 nitrogen and oxygen atoms in total. The van der Waals surface area contributed by atoms with Crippen LogP contribution in [0.15, 0.2) is 54.6 Å². The first-order chi connectivity index (χ1) is 11.7. The van der Waals surface area contributed by atoms with E-state index in [1.54, 1.807) is 7.11 Å². The summed E-state index contributed by atoms with van der Waals surface area (Å²) in [6.07, 6.45) is -0.169. The van der Waals surface area contributed by atoms with Gasteiger partial charge in [0.15, 0.2) is 0 Å². The van der Waals surface area contributed by atoms with Crippen LogP contribution in [-0.2, 0) is 4.74 Å². The molecular formula is C19H24N2O3. The smallest absolute Gasteiger partial charge is 0.315 e. The lowest BCUT2D eigenvalue weighted by molar-refractivity contribution is 0.103. The minimum atomic E-state index is -0.234. The van der Waals surface area contributed by atoms with Gasteiger partial charge in [-0.25, -0.2) is 4.79 Å². The normalized spacial score (nSPS) is 11.6. The second-order valence-corrected chi connectivity index (χ2v) is 5.38. The van der Waals surface area contributed by atoms with Crippen LogP contribution < -0.4 is 15.4 Å². The number of aryl methyl sites for hydroxylation is 1. The molecule has 2 aromatic rings. The molecule has 0 aliphatic heterocycles. The zero-order valence-corrected chi connectivity index (χ0v) is 14.1. The molecule has 1 atom stereocenters. The van der Waals surface area contributed by atoms with E-state index < -0.39 is 0 Å². The average molecular weight is 328 g/mol. The maximum Gasteiger partial charge on any atom is 0.315 e. The van der Waals surface area contributed by atoms with Gasteiger partial charge in [0.25, 0.3) is 0 Å². The number of carbonyl (C=O) groups excluding carboxylic acids is 1. The zero-order valence-electron chi connectivity index (χ0n) is 14.1. The molecule has 0 radical (unpaired) electrons. The highest BCUT2D eigenvalue weighted by Crippen LogP contribution is 2.19. The number of carbonyl (C=O) groups is 1. The predicted molar refractivity (Wildman–Crippen MR) is 94.3 cm³/mol. The molecular weight excluding hydrogens is 304 g/mol. The summed E-state index contributed by atoms with van der Waals surface area (Å²) in [6, 6.07) is 17.3. The van der Waals surface area contributed by atoms with Crippen molar-refractivity contribution in [2.45, 2.75) is 13.0 Å². The van der Waals surface area contributed by atoms with E-state index in [0.717, 1.165) is 16.9 Å². The van der Waals surface area contributed by atoms with Crippen LogP contribution in [0.1, 0.15) is 17.2 Å². The van der Waals surface area contributed by atoms with Gasteiger partial charge in [0.05, 0.1) is 12.6 Å². The minimum Gasteiger partial charge on any atom is -0.492 e. The molecule has 0 unspecified atom stereocenters. The number of rotatable bonds is 8. The van der Waals surface area contributed by atoms with Crippen LogP contribution in [0.2, 0.25) is 0 Å². The molecule has 2 aromatic carbocycles. The Morgan fingerprint density at radius 3 is 2.46 bits per heavy atom. The highest BCUT2D eigenvalue weighted by molar-refractivity contribution is 5.73. The number of methoxy groups -OCH3 is 1. The molecule has 0 saturated carbocycles. The fraction of sp³-hybridized carbons (Fsp3) is 0.316. The van der Waals surface area contributed by atoms with Crippen molar-refractivity contribution in [1.82, 2.24) is 10.6 Å². The Kier molecular flexibility index (Phi) is 7.11. The SMILES string of the molecule is CO[C@H](CNC(=O)NCCOc1ccccc1)c1ccccc1C. The molecule has 0 aromatic heterocycles. The summed E-state index contributed by atoms with van der Waals surface area (Å²) in [7, 11) is 1.64. The van der Waals surface area contributed by atoms with Gasteiger partial charge in [-0.15, -0.1) is 0 Å². The van der Waals surface area contributed by atoms with Gasteiger partial charge < -0.3 is 20.1 Å². The lowest BCUT2D eigenvalue weighted by Gasteiger charge is -2.18. The van der Waals surface area contributed by atoms with Crippen molar-refractivity contribution in [1.29, 1.82) is 0 Å². The number of benzene rings is 2. The predicted octanol–water partition coefficient (Wildman–Crippen LogP) is 3.06. The summed E-state index contributed by atoms with van der Waals surface area (Å²) >= 11 is 0. The summed E-state index contributed by atoms with van der Waals surface area (Å²) in [5.41, 5.74) is 2.22. The van der Waals surface area contributed by atoms with Crippen LogP contribution in [0, 0.1) is 6.92 Å². The van der Waals surface area contributed by atoms with Crippen molar-refractivity contribution >= 4 is 6.03 Å². The van der Waals surface area contributed by atoms with Crippen molar-refractivity contribution in [3.63, 3.8) is 0 Å².